The SMILES string of the molecule is COc1ccccc1CNc1c2c(nc3ccccc13)CCC2. The third-order valence-electron chi connectivity index (χ3n) is 4.57. The number of benzene rings is 2. The van der Waals surface area contributed by atoms with Gasteiger partial charge in [0.05, 0.1) is 12.6 Å². The third-order valence-corrected chi connectivity index (χ3v) is 4.57. The van der Waals surface area contributed by atoms with Gasteiger partial charge in [-0.2, -0.15) is 0 Å². The van der Waals surface area contributed by atoms with Gasteiger partial charge >= 0.3 is 0 Å². The molecule has 0 spiro atoms. The second kappa shape index (κ2) is 5.92. The van der Waals surface area contributed by atoms with E-state index in [1.807, 2.05) is 12.1 Å². The fourth-order valence-corrected chi connectivity index (χ4v) is 3.45. The second-order valence-electron chi connectivity index (χ2n) is 5.95. The van der Waals surface area contributed by atoms with Crippen molar-refractivity contribution in [3.05, 3.63) is 65.4 Å². The van der Waals surface area contributed by atoms with E-state index in [0.717, 1.165) is 30.7 Å². The lowest BCUT2D eigenvalue weighted by Gasteiger charge is -2.16. The number of para-hydroxylation sites is 2. The van der Waals surface area contributed by atoms with Crippen LogP contribution in [0.4, 0.5) is 5.69 Å². The Bertz CT molecular complexity index is 857. The van der Waals surface area contributed by atoms with Crippen LogP contribution in [0.1, 0.15) is 23.2 Å². The lowest BCUT2D eigenvalue weighted by molar-refractivity contribution is 0.410. The van der Waals surface area contributed by atoms with Crippen molar-refractivity contribution in [3.63, 3.8) is 0 Å². The average molecular weight is 304 g/mol. The molecule has 1 aromatic heterocycles. The van der Waals surface area contributed by atoms with Gasteiger partial charge in [-0.1, -0.05) is 36.4 Å². The largest absolute Gasteiger partial charge is 0.496 e. The molecule has 4 rings (SSSR count). The topological polar surface area (TPSA) is 34.1 Å². The van der Waals surface area contributed by atoms with Gasteiger partial charge in [0.25, 0.3) is 0 Å². The molecule has 1 aliphatic carbocycles. The summed E-state index contributed by atoms with van der Waals surface area (Å²) < 4.78 is 5.46. The molecule has 3 aromatic rings. The van der Waals surface area contributed by atoms with Gasteiger partial charge in [-0.15, -0.1) is 0 Å². The predicted molar refractivity (Wildman–Crippen MR) is 94.1 cm³/mol. The van der Waals surface area contributed by atoms with E-state index in [4.69, 9.17) is 9.72 Å². The lowest BCUT2D eigenvalue weighted by Crippen LogP contribution is -2.05. The summed E-state index contributed by atoms with van der Waals surface area (Å²) >= 11 is 0. The van der Waals surface area contributed by atoms with Gasteiger partial charge in [-0.3, -0.25) is 4.98 Å². The van der Waals surface area contributed by atoms with Crippen molar-refractivity contribution in [2.75, 3.05) is 12.4 Å². The van der Waals surface area contributed by atoms with Crippen LogP contribution in [0.3, 0.4) is 0 Å². The van der Waals surface area contributed by atoms with Crippen LogP contribution in [0.5, 0.6) is 5.75 Å². The van der Waals surface area contributed by atoms with Crippen LogP contribution in [-0.2, 0) is 19.4 Å². The summed E-state index contributed by atoms with van der Waals surface area (Å²) in [6.07, 6.45) is 3.40. The standard InChI is InChI=1S/C20H20N2O/c1-23-19-12-5-2-7-14(19)13-21-20-15-8-3-4-10-17(15)22-18-11-6-9-16(18)20/h2-5,7-8,10,12H,6,9,11,13H2,1H3,(H,21,22). The number of aryl methyl sites for hydroxylation is 1. The molecule has 116 valence electrons. The number of hydrogen-bond donors (Lipinski definition) is 1. The van der Waals surface area contributed by atoms with Crippen molar-refractivity contribution < 1.29 is 4.74 Å². The van der Waals surface area contributed by atoms with E-state index in [0.29, 0.717) is 0 Å². The predicted octanol–water partition coefficient (Wildman–Crippen LogP) is 4.34. The first-order valence-corrected chi connectivity index (χ1v) is 8.13. The first kappa shape index (κ1) is 14.1. The molecule has 0 aliphatic heterocycles. The fourth-order valence-electron chi connectivity index (χ4n) is 3.45. The van der Waals surface area contributed by atoms with Crippen molar-refractivity contribution in [1.82, 2.24) is 4.98 Å². The van der Waals surface area contributed by atoms with Gasteiger partial charge in [0.2, 0.25) is 0 Å². The Morgan fingerprint density at radius 3 is 2.78 bits per heavy atom. The zero-order chi connectivity index (χ0) is 15.6. The number of fused-ring (bicyclic) bond motifs is 2. The average Bonchev–Trinajstić information content (AvgIpc) is 3.07. The molecular formula is C20H20N2O. The van der Waals surface area contributed by atoms with Crippen LogP contribution in [-0.4, -0.2) is 12.1 Å². The summed E-state index contributed by atoms with van der Waals surface area (Å²) in [7, 11) is 1.72. The van der Waals surface area contributed by atoms with Crippen LogP contribution >= 0.6 is 0 Å². The summed E-state index contributed by atoms with van der Waals surface area (Å²) in [5.74, 6) is 0.926. The zero-order valence-electron chi connectivity index (χ0n) is 13.3. The van der Waals surface area contributed by atoms with Crippen LogP contribution in [0.25, 0.3) is 10.9 Å². The van der Waals surface area contributed by atoms with Crippen molar-refractivity contribution in [3.8, 4) is 5.75 Å². The van der Waals surface area contributed by atoms with Crippen LogP contribution < -0.4 is 10.1 Å². The highest BCUT2D eigenvalue weighted by Crippen LogP contribution is 2.34. The first-order valence-electron chi connectivity index (χ1n) is 8.13. The van der Waals surface area contributed by atoms with Gasteiger partial charge in [0.1, 0.15) is 5.75 Å². The molecule has 0 bridgehead atoms. The summed E-state index contributed by atoms with van der Waals surface area (Å²) in [5.41, 5.74) is 6.14. The van der Waals surface area contributed by atoms with Crippen molar-refractivity contribution in [2.45, 2.75) is 25.8 Å². The van der Waals surface area contributed by atoms with Gasteiger partial charge in [0, 0.05) is 28.9 Å². The fraction of sp³-hybridized carbons (Fsp3) is 0.250. The van der Waals surface area contributed by atoms with E-state index in [9.17, 15) is 0 Å². The van der Waals surface area contributed by atoms with Crippen LogP contribution in [0.15, 0.2) is 48.5 Å². The zero-order valence-corrected chi connectivity index (χ0v) is 13.3. The number of nitrogens with zero attached hydrogens (tertiary/aromatic N) is 1. The highest BCUT2D eigenvalue weighted by atomic mass is 16.5. The first-order chi connectivity index (χ1) is 11.4. The van der Waals surface area contributed by atoms with Crippen molar-refractivity contribution in [2.24, 2.45) is 0 Å². The Labute approximate surface area is 136 Å². The molecule has 0 fully saturated rings. The van der Waals surface area contributed by atoms with Gasteiger partial charge in [-0.05, 0) is 37.0 Å². The van der Waals surface area contributed by atoms with E-state index in [-0.39, 0.29) is 0 Å². The van der Waals surface area contributed by atoms with Gasteiger partial charge in [0.15, 0.2) is 0 Å². The molecule has 1 heterocycles. The normalized spacial score (nSPS) is 13.1. The van der Waals surface area contributed by atoms with Gasteiger partial charge in [-0.25, -0.2) is 0 Å². The Balaban J connectivity index is 1.74. The van der Waals surface area contributed by atoms with E-state index in [1.54, 1.807) is 7.11 Å². The minimum absolute atomic E-state index is 0.754. The quantitative estimate of drug-likeness (QED) is 0.778. The molecule has 0 radical (unpaired) electrons. The Morgan fingerprint density at radius 2 is 1.87 bits per heavy atom. The molecule has 0 unspecified atom stereocenters. The van der Waals surface area contributed by atoms with Crippen molar-refractivity contribution in [1.29, 1.82) is 0 Å². The summed E-state index contributed by atoms with van der Waals surface area (Å²) in [6, 6.07) is 16.6. The minimum atomic E-state index is 0.754. The van der Waals surface area contributed by atoms with E-state index in [1.165, 1.54) is 34.3 Å². The minimum Gasteiger partial charge on any atom is -0.496 e. The van der Waals surface area contributed by atoms with Crippen LogP contribution in [0, 0.1) is 0 Å². The monoisotopic (exact) mass is 304 g/mol. The number of pyridine rings is 1. The van der Waals surface area contributed by atoms with Crippen LogP contribution in [0.2, 0.25) is 0 Å². The molecule has 3 nitrogen and oxygen atoms in total. The Kier molecular flexibility index (Phi) is 3.62. The van der Waals surface area contributed by atoms with E-state index >= 15 is 0 Å². The number of methoxy groups -OCH3 is 1. The Hall–Kier alpha value is -2.55. The smallest absolute Gasteiger partial charge is 0.123 e. The maximum Gasteiger partial charge on any atom is 0.123 e. The summed E-state index contributed by atoms with van der Waals surface area (Å²) in [4.78, 5) is 4.84. The van der Waals surface area contributed by atoms with E-state index in [2.05, 4.69) is 41.7 Å². The highest BCUT2D eigenvalue weighted by Gasteiger charge is 2.19. The highest BCUT2D eigenvalue weighted by molar-refractivity contribution is 5.93. The number of aromatic nitrogens is 1. The maximum atomic E-state index is 5.46. The molecule has 0 atom stereocenters. The molecule has 0 saturated carbocycles. The number of anilines is 1. The third kappa shape index (κ3) is 2.52. The molecule has 0 amide bonds. The second-order valence-corrected chi connectivity index (χ2v) is 5.95. The summed E-state index contributed by atoms with van der Waals surface area (Å²) in [6.45, 7) is 0.754. The lowest BCUT2D eigenvalue weighted by atomic mass is 10.1. The molecule has 3 heteroatoms. The molecular weight excluding hydrogens is 284 g/mol. The number of nitrogens with one attached hydrogen (secondary N) is 1. The van der Waals surface area contributed by atoms with Gasteiger partial charge < -0.3 is 10.1 Å². The van der Waals surface area contributed by atoms with Crippen molar-refractivity contribution >= 4 is 16.6 Å². The molecule has 1 N–H and O–H groups in total. The molecule has 1 aliphatic rings. The van der Waals surface area contributed by atoms with E-state index < -0.39 is 0 Å². The summed E-state index contributed by atoms with van der Waals surface area (Å²) in [5, 5.41) is 4.87. The number of ether oxygens (including phenoxy) is 1. The molecule has 23 heavy (non-hydrogen) atoms. The molecule has 2 aromatic carbocycles. The molecule has 0 saturated heterocycles. The number of rotatable bonds is 4. The maximum absolute atomic E-state index is 5.46. The Morgan fingerprint density at radius 1 is 1.04 bits per heavy atom. The number of hydrogen-bond acceptors (Lipinski definition) is 3.